The van der Waals surface area contributed by atoms with Crippen molar-refractivity contribution in [2.24, 2.45) is 11.7 Å². The Labute approximate surface area is 155 Å². The Morgan fingerprint density at radius 3 is 2.54 bits per heavy atom. The maximum Gasteiger partial charge on any atom is 0.275 e. The van der Waals surface area contributed by atoms with Crippen molar-refractivity contribution in [2.75, 3.05) is 10.6 Å². The Morgan fingerprint density at radius 1 is 1.25 bits per heavy atom. The molecule has 2 aromatic rings. The van der Waals surface area contributed by atoms with E-state index in [4.69, 9.17) is 5.73 Å². The average Bonchev–Trinajstić information content (AvgIpc) is 3.26. The zero-order valence-electron chi connectivity index (χ0n) is 12.5. The Hall–Kier alpha value is -1.74. The molecule has 1 saturated carbocycles. The summed E-state index contributed by atoms with van der Waals surface area (Å²) in [6, 6.07) is 3.34. The monoisotopic (exact) mass is 389 g/mol. The number of carbonyl (C=O) groups excluding carboxylic acids is 2. The normalized spacial score (nSPS) is 12.5. The van der Waals surface area contributed by atoms with Crippen LogP contribution in [0.25, 0.3) is 0 Å². The van der Waals surface area contributed by atoms with Gasteiger partial charge in [-0.05, 0) is 25.0 Å². The SMILES string of the molecule is Cl.Cl.NCc1nc(C(=O)Nc2ccc(NC(=O)C3CC3)nc2)cs1. The van der Waals surface area contributed by atoms with Crippen LogP contribution in [-0.4, -0.2) is 21.8 Å². The summed E-state index contributed by atoms with van der Waals surface area (Å²) in [5.74, 6) is 0.296. The number of nitrogens with two attached hydrogens (primary N) is 1. The van der Waals surface area contributed by atoms with Gasteiger partial charge in [0.25, 0.3) is 5.91 Å². The maximum absolute atomic E-state index is 12.0. The number of carbonyl (C=O) groups is 2. The minimum Gasteiger partial charge on any atom is -0.325 e. The van der Waals surface area contributed by atoms with Crippen LogP contribution in [0, 0.1) is 5.92 Å². The molecule has 4 N–H and O–H groups in total. The lowest BCUT2D eigenvalue weighted by atomic mass is 10.3. The summed E-state index contributed by atoms with van der Waals surface area (Å²) in [6.45, 7) is 0.314. The first-order valence-electron chi connectivity index (χ1n) is 6.88. The summed E-state index contributed by atoms with van der Waals surface area (Å²) >= 11 is 1.35. The zero-order chi connectivity index (χ0) is 15.5. The van der Waals surface area contributed by atoms with E-state index in [1.807, 2.05) is 0 Å². The van der Waals surface area contributed by atoms with E-state index in [9.17, 15) is 9.59 Å². The number of halogens is 2. The van der Waals surface area contributed by atoms with Gasteiger partial charge in [-0.25, -0.2) is 9.97 Å². The van der Waals surface area contributed by atoms with E-state index < -0.39 is 0 Å². The van der Waals surface area contributed by atoms with Crippen molar-refractivity contribution in [3.05, 3.63) is 34.4 Å². The van der Waals surface area contributed by atoms with Crippen LogP contribution in [0.3, 0.4) is 0 Å². The van der Waals surface area contributed by atoms with E-state index in [1.165, 1.54) is 17.5 Å². The smallest absolute Gasteiger partial charge is 0.275 e. The Morgan fingerprint density at radius 2 is 2.00 bits per heavy atom. The average molecular weight is 390 g/mol. The fraction of sp³-hybridized carbons (Fsp3) is 0.286. The molecule has 0 saturated heterocycles. The van der Waals surface area contributed by atoms with Gasteiger partial charge in [0, 0.05) is 17.8 Å². The van der Waals surface area contributed by atoms with Gasteiger partial charge in [-0.15, -0.1) is 36.2 Å². The predicted molar refractivity (Wildman–Crippen MR) is 98.0 cm³/mol. The molecular weight excluding hydrogens is 373 g/mol. The van der Waals surface area contributed by atoms with Crippen LogP contribution in [0.4, 0.5) is 11.5 Å². The van der Waals surface area contributed by atoms with Crippen molar-refractivity contribution in [1.82, 2.24) is 9.97 Å². The third-order valence-electron chi connectivity index (χ3n) is 3.18. The molecule has 130 valence electrons. The molecule has 1 fully saturated rings. The van der Waals surface area contributed by atoms with E-state index in [-0.39, 0.29) is 42.5 Å². The molecule has 0 aliphatic heterocycles. The van der Waals surface area contributed by atoms with Gasteiger partial charge in [0.1, 0.15) is 16.5 Å². The van der Waals surface area contributed by atoms with Crippen molar-refractivity contribution in [3.8, 4) is 0 Å². The number of anilines is 2. The highest BCUT2D eigenvalue weighted by molar-refractivity contribution is 7.09. The summed E-state index contributed by atoms with van der Waals surface area (Å²) in [4.78, 5) is 31.8. The van der Waals surface area contributed by atoms with E-state index in [0.717, 1.165) is 12.8 Å². The first-order valence-corrected chi connectivity index (χ1v) is 7.76. The number of nitrogens with one attached hydrogen (secondary N) is 2. The molecule has 7 nitrogen and oxygen atoms in total. The van der Waals surface area contributed by atoms with Gasteiger partial charge in [-0.3, -0.25) is 9.59 Å². The molecule has 1 aliphatic carbocycles. The van der Waals surface area contributed by atoms with Crippen LogP contribution >= 0.6 is 36.2 Å². The predicted octanol–water partition coefficient (Wildman–Crippen LogP) is 2.44. The topological polar surface area (TPSA) is 110 Å². The molecule has 24 heavy (non-hydrogen) atoms. The third-order valence-corrected chi connectivity index (χ3v) is 4.05. The number of thiazole rings is 1. The number of nitrogens with zero attached hydrogens (tertiary/aromatic N) is 2. The Kier molecular flexibility index (Phi) is 7.56. The van der Waals surface area contributed by atoms with Crippen LogP contribution in [0.5, 0.6) is 0 Å². The molecule has 0 aromatic carbocycles. The number of hydrogen-bond acceptors (Lipinski definition) is 6. The lowest BCUT2D eigenvalue weighted by Gasteiger charge is -2.05. The van der Waals surface area contributed by atoms with Gasteiger partial charge in [0.2, 0.25) is 5.91 Å². The molecule has 0 unspecified atom stereocenters. The van der Waals surface area contributed by atoms with Gasteiger partial charge < -0.3 is 16.4 Å². The molecule has 2 heterocycles. The minimum atomic E-state index is -0.312. The Balaban J connectivity index is 0.00000144. The molecule has 0 bridgehead atoms. The first-order chi connectivity index (χ1) is 10.7. The van der Waals surface area contributed by atoms with Gasteiger partial charge in [-0.1, -0.05) is 0 Å². The van der Waals surface area contributed by atoms with Crippen molar-refractivity contribution in [3.63, 3.8) is 0 Å². The molecule has 10 heteroatoms. The van der Waals surface area contributed by atoms with Crippen molar-refractivity contribution in [1.29, 1.82) is 0 Å². The van der Waals surface area contributed by atoms with Crippen LogP contribution in [-0.2, 0) is 11.3 Å². The minimum absolute atomic E-state index is 0. The summed E-state index contributed by atoms with van der Waals surface area (Å²) in [6.07, 6.45) is 3.38. The van der Waals surface area contributed by atoms with Gasteiger partial charge >= 0.3 is 0 Å². The highest BCUT2D eigenvalue weighted by Crippen LogP contribution is 2.29. The fourth-order valence-electron chi connectivity index (χ4n) is 1.82. The molecule has 0 atom stereocenters. The number of hydrogen-bond donors (Lipinski definition) is 3. The summed E-state index contributed by atoms with van der Waals surface area (Å²) in [5.41, 5.74) is 6.34. The van der Waals surface area contributed by atoms with Crippen molar-refractivity contribution < 1.29 is 9.59 Å². The molecule has 1 aliphatic rings. The van der Waals surface area contributed by atoms with Crippen LogP contribution in [0.2, 0.25) is 0 Å². The standard InChI is InChI=1S/C14H15N5O2S.2ClH/c15-5-12-18-10(7-22-12)14(21)17-9-3-4-11(16-6-9)19-13(20)8-1-2-8;;/h3-4,6-8H,1-2,5,15H2,(H,17,21)(H,16,19,20);2*1H. The van der Waals surface area contributed by atoms with Crippen LogP contribution in [0.1, 0.15) is 28.3 Å². The second-order valence-corrected chi connectivity index (χ2v) is 5.92. The molecule has 2 amide bonds. The lowest BCUT2D eigenvalue weighted by Crippen LogP contribution is -2.15. The Bertz CT molecular complexity index is 703. The molecule has 3 rings (SSSR count). The van der Waals surface area contributed by atoms with Gasteiger partial charge in [0.05, 0.1) is 11.9 Å². The highest BCUT2D eigenvalue weighted by atomic mass is 35.5. The molecule has 0 radical (unpaired) electrons. The second-order valence-electron chi connectivity index (χ2n) is 4.98. The summed E-state index contributed by atoms with van der Waals surface area (Å²) in [5, 5.41) is 7.81. The van der Waals surface area contributed by atoms with E-state index in [2.05, 4.69) is 20.6 Å². The largest absolute Gasteiger partial charge is 0.325 e. The van der Waals surface area contributed by atoms with E-state index in [1.54, 1.807) is 17.5 Å². The first kappa shape index (κ1) is 20.3. The van der Waals surface area contributed by atoms with Crippen LogP contribution < -0.4 is 16.4 Å². The lowest BCUT2D eigenvalue weighted by molar-refractivity contribution is -0.117. The number of amides is 2. The number of aromatic nitrogens is 2. The van der Waals surface area contributed by atoms with Crippen LogP contribution in [0.15, 0.2) is 23.7 Å². The van der Waals surface area contributed by atoms with Crippen molar-refractivity contribution in [2.45, 2.75) is 19.4 Å². The van der Waals surface area contributed by atoms with E-state index >= 15 is 0 Å². The summed E-state index contributed by atoms with van der Waals surface area (Å²) < 4.78 is 0. The highest BCUT2D eigenvalue weighted by Gasteiger charge is 2.29. The summed E-state index contributed by atoms with van der Waals surface area (Å²) in [7, 11) is 0. The third kappa shape index (κ3) is 5.13. The maximum atomic E-state index is 12.0. The number of rotatable bonds is 5. The molecular formula is C14H17Cl2N5O2S. The van der Waals surface area contributed by atoms with Gasteiger partial charge in [-0.2, -0.15) is 0 Å². The van der Waals surface area contributed by atoms with E-state index in [0.29, 0.717) is 28.8 Å². The molecule has 0 spiro atoms. The number of pyridine rings is 1. The molecule has 2 aromatic heterocycles. The van der Waals surface area contributed by atoms with Gasteiger partial charge in [0.15, 0.2) is 0 Å². The fourth-order valence-corrected chi connectivity index (χ4v) is 2.47. The zero-order valence-corrected chi connectivity index (χ0v) is 15.0. The quantitative estimate of drug-likeness (QED) is 0.727. The second kappa shape index (κ2) is 8.93. The van der Waals surface area contributed by atoms with Crippen molar-refractivity contribution >= 4 is 59.5 Å².